The lowest BCUT2D eigenvalue weighted by Crippen LogP contribution is -1.83. The number of hydrogen-bond donors (Lipinski definition) is 2. The summed E-state index contributed by atoms with van der Waals surface area (Å²) >= 11 is 3.26. The minimum atomic E-state index is 0.111. The molecule has 0 saturated heterocycles. The van der Waals surface area contributed by atoms with E-state index in [1.807, 2.05) is 0 Å². The molecule has 0 saturated carbocycles. The van der Waals surface area contributed by atoms with Gasteiger partial charge in [0.1, 0.15) is 11.5 Å². The third-order valence-electron chi connectivity index (χ3n) is 1.70. The summed E-state index contributed by atoms with van der Waals surface area (Å²) in [5.74, 6) is 0.222. The van der Waals surface area contributed by atoms with Crippen LogP contribution in [0.3, 0.4) is 0 Å². The molecular weight excluding hydrogens is 208 g/mol. The van der Waals surface area contributed by atoms with Crippen LogP contribution in [-0.4, -0.2) is 10.2 Å². The summed E-state index contributed by atoms with van der Waals surface area (Å²) < 4.78 is 0.759. The molecule has 0 radical (unpaired) electrons. The second-order valence-electron chi connectivity index (χ2n) is 2.48. The average Bonchev–Trinajstić information content (AvgIpc) is 1.97. The third kappa shape index (κ3) is 1.33. The van der Waals surface area contributed by atoms with Crippen molar-refractivity contribution in [1.29, 1.82) is 0 Å². The monoisotopic (exact) mass is 216 g/mol. The van der Waals surface area contributed by atoms with Gasteiger partial charge in [0.15, 0.2) is 0 Å². The third-order valence-corrected chi connectivity index (χ3v) is 2.89. The van der Waals surface area contributed by atoms with Gasteiger partial charge in [0.05, 0.1) is 0 Å². The van der Waals surface area contributed by atoms with E-state index in [2.05, 4.69) is 15.9 Å². The molecule has 0 amide bonds. The van der Waals surface area contributed by atoms with Crippen molar-refractivity contribution in [3.05, 3.63) is 21.7 Å². The normalized spacial score (nSPS) is 10.1. The first-order valence-corrected chi connectivity index (χ1v) is 4.01. The summed E-state index contributed by atoms with van der Waals surface area (Å²) in [5.41, 5.74) is 1.50. The molecule has 60 valence electrons. The zero-order valence-electron chi connectivity index (χ0n) is 6.35. The van der Waals surface area contributed by atoms with Crippen LogP contribution in [-0.2, 0) is 0 Å². The Labute approximate surface area is 73.6 Å². The van der Waals surface area contributed by atoms with Gasteiger partial charge >= 0.3 is 0 Å². The number of benzene rings is 1. The summed E-state index contributed by atoms with van der Waals surface area (Å²) in [5, 5.41) is 18.4. The van der Waals surface area contributed by atoms with Gasteiger partial charge in [-0.05, 0) is 29.8 Å². The smallest absolute Gasteiger partial charge is 0.123 e. The number of hydrogen-bond acceptors (Lipinski definition) is 2. The van der Waals surface area contributed by atoms with Crippen molar-refractivity contribution in [2.75, 3.05) is 0 Å². The van der Waals surface area contributed by atoms with E-state index in [-0.39, 0.29) is 11.5 Å². The van der Waals surface area contributed by atoms with Crippen molar-refractivity contribution in [2.24, 2.45) is 0 Å². The molecule has 0 bridgehead atoms. The Hall–Kier alpha value is -0.700. The van der Waals surface area contributed by atoms with E-state index in [0.29, 0.717) is 0 Å². The first kappa shape index (κ1) is 8.40. The molecule has 0 aliphatic rings. The van der Waals surface area contributed by atoms with Crippen molar-refractivity contribution in [3.8, 4) is 11.5 Å². The van der Waals surface area contributed by atoms with Crippen LogP contribution >= 0.6 is 15.9 Å². The molecule has 0 aliphatic heterocycles. The maximum Gasteiger partial charge on any atom is 0.123 e. The maximum atomic E-state index is 9.22. The molecule has 1 rings (SSSR count). The lowest BCUT2D eigenvalue weighted by Gasteiger charge is -2.06. The van der Waals surface area contributed by atoms with Gasteiger partial charge in [-0.2, -0.15) is 0 Å². The highest BCUT2D eigenvalue weighted by Crippen LogP contribution is 2.34. The van der Waals surface area contributed by atoms with Gasteiger partial charge < -0.3 is 10.2 Å². The van der Waals surface area contributed by atoms with E-state index >= 15 is 0 Å². The zero-order chi connectivity index (χ0) is 8.59. The van der Waals surface area contributed by atoms with Gasteiger partial charge in [0.25, 0.3) is 0 Å². The summed E-state index contributed by atoms with van der Waals surface area (Å²) in [6.07, 6.45) is 0. The Morgan fingerprint density at radius 3 is 1.82 bits per heavy atom. The average molecular weight is 217 g/mol. The van der Waals surface area contributed by atoms with Crippen molar-refractivity contribution < 1.29 is 10.2 Å². The quantitative estimate of drug-likeness (QED) is 0.700. The van der Waals surface area contributed by atoms with E-state index in [1.165, 1.54) is 6.07 Å². The van der Waals surface area contributed by atoms with Gasteiger partial charge in [-0.1, -0.05) is 0 Å². The summed E-state index contributed by atoms with van der Waals surface area (Å²) in [7, 11) is 0. The summed E-state index contributed by atoms with van der Waals surface area (Å²) in [6, 6.07) is 1.34. The van der Waals surface area contributed by atoms with Crippen LogP contribution in [0, 0.1) is 13.8 Å². The van der Waals surface area contributed by atoms with Crippen LogP contribution in [0.2, 0.25) is 0 Å². The van der Waals surface area contributed by atoms with Crippen molar-refractivity contribution in [2.45, 2.75) is 13.8 Å². The largest absolute Gasteiger partial charge is 0.508 e. The Balaban J connectivity index is 3.46. The van der Waals surface area contributed by atoms with Crippen LogP contribution in [0.5, 0.6) is 11.5 Å². The van der Waals surface area contributed by atoms with Crippen LogP contribution in [0.1, 0.15) is 11.1 Å². The van der Waals surface area contributed by atoms with E-state index in [1.54, 1.807) is 13.8 Å². The first-order valence-electron chi connectivity index (χ1n) is 3.21. The number of phenols is 2. The van der Waals surface area contributed by atoms with Crippen LogP contribution in [0.25, 0.3) is 0 Å². The first-order chi connectivity index (χ1) is 5.04. The molecule has 11 heavy (non-hydrogen) atoms. The standard InChI is InChI=1S/C8H9BrO2/c1-4-6(10)3-7(11)5(2)8(4)9/h3,10-11H,1-2H3. The predicted octanol–water partition coefficient (Wildman–Crippen LogP) is 2.48. The van der Waals surface area contributed by atoms with Gasteiger partial charge in [0, 0.05) is 21.7 Å². The Kier molecular flexibility index (Phi) is 2.09. The molecule has 0 heterocycles. The number of aromatic hydroxyl groups is 2. The molecule has 0 aliphatic carbocycles. The van der Waals surface area contributed by atoms with E-state index in [0.717, 1.165) is 15.6 Å². The molecule has 2 N–H and O–H groups in total. The molecule has 0 spiro atoms. The number of phenolic OH excluding ortho intramolecular Hbond substituents is 2. The lowest BCUT2D eigenvalue weighted by molar-refractivity contribution is 0.444. The zero-order valence-corrected chi connectivity index (χ0v) is 7.94. The highest BCUT2D eigenvalue weighted by Gasteiger charge is 2.07. The van der Waals surface area contributed by atoms with E-state index in [9.17, 15) is 10.2 Å². The Bertz CT molecular complexity index is 268. The molecule has 0 aromatic heterocycles. The fourth-order valence-electron chi connectivity index (χ4n) is 0.852. The molecule has 1 aromatic carbocycles. The highest BCUT2D eigenvalue weighted by atomic mass is 79.9. The predicted molar refractivity (Wildman–Crippen MR) is 46.9 cm³/mol. The highest BCUT2D eigenvalue weighted by molar-refractivity contribution is 9.10. The fourth-order valence-corrected chi connectivity index (χ4v) is 1.26. The minimum Gasteiger partial charge on any atom is -0.508 e. The minimum absolute atomic E-state index is 0.111. The summed E-state index contributed by atoms with van der Waals surface area (Å²) in [6.45, 7) is 3.57. The number of rotatable bonds is 0. The molecule has 0 unspecified atom stereocenters. The number of halogens is 1. The van der Waals surface area contributed by atoms with E-state index in [4.69, 9.17) is 0 Å². The van der Waals surface area contributed by atoms with Crippen LogP contribution in [0.15, 0.2) is 10.5 Å². The molecule has 2 nitrogen and oxygen atoms in total. The van der Waals surface area contributed by atoms with Crippen LogP contribution < -0.4 is 0 Å². The Morgan fingerprint density at radius 1 is 1.09 bits per heavy atom. The second kappa shape index (κ2) is 2.74. The Morgan fingerprint density at radius 2 is 1.45 bits per heavy atom. The molecule has 0 fully saturated rings. The molecular formula is C8H9BrO2. The van der Waals surface area contributed by atoms with Crippen LogP contribution in [0.4, 0.5) is 0 Å². The SMILES string of the molecule is Cc1c(O)cc(O)c(C)c1Br. The molecule has 0 atom stereocenters. The van der Waals surface area contributed by atoms with Gasteiger partial charge in [-0.3, -0.25) is 0 Å². The van der Waals surface area contributed by atoms with Crippen molar-refractivity contribution in [1.82, 2.24) is 0 Å². The maximum absolute atomic E-state index is 9.22. The topological polar surface area (TPSA) is 40.5 Å². The van der Waals surface area contributed by atoms with Crippen molar-refractivity contribution in [3.63, 3.8) is 0 Å². The second-order valence-corrected chi connectivity index (χ2v) is 3.27. The molecule has 3 heteroatoms. The summed E-state index contributed by atoms with van der Waals surface area (Å²) in [4.78, 5) is 0. The fraction of sp³-hybridized carbons (Fsp3) is 0.250. The van der Waals surface area contributed by atoms with Gasteiger partial charge in [-0.15, -0.1) is 0 Å². The van der Waals surface area contributed by atoms with Gasteiger partial charge in [0.2, 0.25) is 0 Å². The lowest BCUT2D eigenvalue weighted by atomic mass is 10.1. The van der Waals surface area contributed by atoms with E-state index < -0.39 is 0 Å². The molecule has 1 aromatic rings. The van der Waals surface area contributed by atoms with Gasteiger partial charge in [-0.25, -0.2) is 0 Å². The van der Waals surface area contributed by atoms with Crippen molar-refractivity contribution >= 4 is 15.9 Å².